The molecule has 20 heavy (non-hydrogen) atoms. The van der Waals surface area contributed by atoms with Gasteiger partial charge in [-0.3, -0.25) is 14.9 Å². The first-order valence-corrected chi connectivity index (χ1v) is 6.80. The topological polar surface area (TPSA) is 97.4 Å². The molecule has 0 aromatic carbocycles. The van der Waals surface area contributed by atoms with Gasteiger partial charge in [0, 0.05) is 24.1 Å². The zero-order valence-corrected chi connectivity index (χ0v) is 11.0. The maximum atomic E-state index is 12.2. The van der Waals surface area contributed by atoms with E-state index < -0.39 is 4.92 Å². The number of aromatic nitrogens is 1. The maximum Gasteiger partial charge on any atom is 0.287 e. The van der Waals surface area contributed by atoms with Crippen molar-refractivity contribution in [3.8, 4) is 0 Å². The molecule has 1 aromatic rings. The lowest BCUT2D eigenvalue weighted by Gasteiger charge is -2.13. The van der Waals surface area contributed by atoms with Crippen molar-refractivity contribution < 1.29 is 14.8 Å². The molecule has 1 aromatic heterocycles. The van der Waals surface area contributed by atoms with Gasteiger partial charge in [-0.2, -0.15) is 0 Å². The minimum atomic E-state index is -0.480. The van der Waals surface area contributed by atoms with Crippen molar-refractivity contribution in [3.05, 3.63) is 28.1 Å². The van der Waals surface area contributed by atoms with Crippen molar-refractivity contribution in [1.82, 2.24) is 9.88 Å². The van der Waals surface area contributed by atoms with Crippen LogP contribution in [0.5, 0.6) is 0 Å². The van der Waals surface area contributed by atoms with Gasteiger partial charge in [0.1, 0.15) is 5.69 Å². The van der Waals surface area contributed by atoms with Crippen LogP contribution in [0, 0.1) is 15.5 Å². The summed E-state index contributed by atoms with van der Waals surface area (Å²) in [5, 5.41) is 22.8. The molecule has 0 atom stereocenters. The normalized spacial score (nSPS) is 19.6. The largest absolute Gasteiger partial charge is 0.396 e. The lowest BCUT2D eigenvalue weighted by atomic mass is 10.1. The second kappa shape index (κ2) is 4.59. The Balaban J connectivity index is 1.74. The van der Waals surface area contributed by atoms with E-state index in [2.05, 4.69) is 5.32 Å². The monoisotopic (exact) mass is 279 g/mol. The second-order valence-corrected chi connectivity index (χ2v) is 5.82. The zero-order chi connectivity index (χ0) is 14.3. The predicted octanol–water partition coefficient (Wildman–Crippen LogP) is 1.23. The van der Waals surface area contributed by atoms with Gasteiger partial charge in [0.15, 0.2) is 0 Å². The SMILES string of the molecule is O=C(NCC1(CO)CC1)c1cc([N+](=O)[O-])cn1C1CC1. The summed E-state index contributed by atoms with van der Waals surface area (Å²) in [4.78, 5) is 22.5. The molecule has 3 rings (SSSR count). The molecule has 108 valence electrons. The van der Waals surface area contributed by atoms with Gasteiger partial charge < -0.3 is 15.0 Å². The Hall–Kier alpha value is -1.89. The van der Waals surface area contributed by atoms with E-state index in [1.165, 1.54) is 12.3 Å². The molecule has 0 spiro atoms. The highest BCUT2D eigenvalue weighted by Gasteiger charge is 2.42. The predicted molar refractivity (Wildman–Crippen MR) is 70.4 cm³/mol. The van der Waals surface area contributed by atoms with E-state index in [0.717, 1.165) is 25.7 Å². The first-order valence-electron chi connectivity index (χ1n) is 6.80. The molecule has 2 fully saturated rings. The molecule has 0 unspecified atom stereocenters. The van der Waals surface area contributed by atoms with Crippen molar-refractivity contribution in [1.29, 1.82) is 0 Å². The Morgan fingerprint density at radius 1 is 1.55 bits per heavy atom. The molecular weight excluding hydrogens is 262 g/mol. The van der Waals surface area contributed by atoms with Crippen LogP contribution in [0.25, 0.3) is 0 Å². The maximum absolute atomic E-state index is 12.2. The number of nitro groups is 1. The number of rotatable bonds is 6. The van der Waals surface area contributed by atoms with E-state index >= 15 is 0 Å². The van der Waals surface area contributed by atoms with Gasteiger partial charge in [0.25, 0.3) is 11.6 Å². The fraction of sp³-hybridized carbons (Fsp3) is 0.615. The number of hydrogen-bond acceptors (Lipinski definition) is 4. The number of carbonyl (C=O) groups is 1. The van der Waals surface area contributed by atoms with Gasteiger partial charge >= 0.3 is 0 Å². The third-order valence-corrected chi connectivity index (χ3v) is 4.13. The highest BCUT2D eigenvalue weighted by molar-refractivity contribution is 5.93. The van der Waals surface area contributed by atoms with Crippen molar-refractivity contribution in [3.63, 3.8) is 0 Å². The summed E-state index contributed by atoms with van der Waals surface area (Å²) < 4.78 is 1.70. The molecule has 7 nitrogen and oxygen atoms in total. The third-order valence-electron chi connectivity index (χ3n) is 4.13. The molecule has 2 aliphatic carbocycles. The van der Waals surface area contributed by atoms with Crippen LogP contribution in [0.3, 0.4) is 0 Å². The smallest absolute Gasteiger partial charge is 0.287 e. The van der Waals surface area contributed by atoms with Crippen LogP contribution >= 0.6 is 0 Å². The van der Waals surface area contributed by atoms with E-state index in [4.69, 9.17) is 0 Å². The van der Waals surface area contributed by atoms with E-state index in [-0.39, 0.29) is 29.7 Å². The fourth-order valence-corrected chi connectivity index (χ4v) is 2.33. The van der Waals surface area contributed by atoms with E-state index in [1.54, 1.807) is 4.57 Å². The Bertz CT molecular complexity index is 558. The van der Waals surface area contributed by atoms with Crippen molar-refractivity contribution >= 4 is 11.6 Å². The van der Waals surface area contributed by atoms with Crippen molar-refractivity contribution in [2.45, 2.75) is 31.7 Å². The minimum absolute atomic E-state index is 0.0506. The third kappa shape index (κ3) is 2.40. The standard InChI is InChI=1S/C13H17N3O4/c17-8-13(3-4-13)7-14-12(18)11-5-10(16(19)20)6-15(11)9-1-2-9/h5-6,9,17H,1-4,7-8H2,(H,14,18). The molecule has 0 bridgehead atoms. The molecule has 2 N–H and O–H groups in total. The Labute approximate surface area is 115 Å². The quantitative estimate of drug-likeness (QED) is 0.604. The number of carbonyl (C=O) groups excluding carboxylic acids is 1. The number of aliphatic hydroxyl groups excluding tert-OH is 1. The van der Waals surface area contributed by atoms with E-state index in [9.17, 15) is 20.0 Å². The molecule has 0 saturated heterocycles. The number of nitrogens with one attached hydrogen (secondary N) is 1. The Morgan fingerprint density at radius 3 is 2.75 bits per heavy atom. The summed E-state index contributed by atoms with van der Waals surface area (Å²) in [6.45, 7) is 0.489. The summed E-state index contributed by atoms with van der Waals surface area (Å²) in [6.07, 6.45) is 5.16. The molecule has 2 saturated carbocycles. The van der Waals surface area contributed by atoms with Gasteiger partial charge in [-0.1, -0.05) is 0 Å². The van der Waals surface area contributed by atoms with Gasteiger partial charge in [0.2, 0.25) is 0 Å². The Kier molecular flexibility index (Phi) is 3.01. The average molecular weight is 279 g/mol. The van der Waals surface area contributed by atoms with E-state index in [1.807, 2.05) is 0 Å². The van der Waals surface area contributed by atoms with Gasteiger partial charge in [0.05, 0.1) is 17.7 Å². The zero-order valence-electron chi connectivity index (χ0n) is 11.0. The molecule has 1 amide bonds. The van der Waals surface area contributed by atoms with Crippen LogP contribution < -0.4 is 5.32 Å². The highest BCUT2D eigenvalue weighted by Crippen LogP contribution is 2.44. The molecule has 0 radical (unpaired) electrons. The second-order valence-electron chi connectivity index (χ2n) is 5.82. The lowest BCUT2D eigenvalue weighted by molar-refractivity contribution is -0.384. The van der Waals surface area contributed by atoms with Crippen LogP contribution in [0.1, 0.15) is 42.2 Å². The van der Waals surface area contributed by atoms with Crippen LogP contribution in [0.4, 0.5) is 5.69 Å². The fourth-order valence-electron chi connectivity index (χ4n) is 2.33. The van der Waals surface area contributed by atoms with E-state index in [0.29, 0.717) is 12.2 Å². The molecule has 0 aliphatic heterocycles. The molecule has 1 heterocycles. The first kappa shape index (κ1) is 13.1. The highest BCUT2D eigenvalue weighted by atomic mass is 16.6. The minimum Gasteiger partial charge on any atom is -0.396 e. The van der Waals surface area contributed by atoms with Gasteiger partial charge in [-0.15, -0.1) is 0 Å². The molecule has 7 heteroatoms. The van der Waals surface area contributed by atoms with Crippen LogP contribution in [0.2, 0.25) is 0 Å². The summed E-state index contributed by atoms with van der Waals surface area (Å²) in [6, 6.07) is 1.53. The van der Waals surface area contributed by atoms with Gasteiger partial charge in [-0.25, -0.2) is 0 Å². The summed E-state index contributed by atoms with van der Waals surface area (Å²) in [5.41, 5.74) is 0.122. The molecule has 2 aliphatic rings. The number of aliphatic hydroxyl groups is 1. The van der Waals surface area contributed by atoms with Crippen LogP contribution in [0.15, 0.2) is 12.3 Å². The summed E-state index contributed by atoms with van der Waals surface area (Å²) in [5.74, 6) is -0.301. The Morgan fingerprint density at radius 2 is 2.25 bits per heavy atom. The number of hydrogen-bond donors (Lipinski definition) is 2. The van der Waals surface area contributed by atoms with Crippen molar-refractivity contribution in [2.75, 3.05) is 13.2 Å². The molecular formula is C13H17N3O4. The van der Waals surface area contributed by atoms with Crippen molar-refractivity contribution in [2.24, 2.45) is 5.41 Å². The first-order chi connectivity index (χ1) is 9.54. The van der Waals surface area contributed by atoms with Gasteiger partial charge in [-0.05, 0) is 25.7 Å². The number of nitrogens with zero attached hydrogens (tertiary/aromatic N) is 2. The summed E-state index contributed by atoms with van der Waals surface area (Å²) in [7, 11) is 0. The summed E-state index contributed by atoms with van der Waals surface area (Å²) >= 11 is 0. The average Bonchev–Trinajstić information content (AvgIpc) is 3.35. The lowest BCUT2D eigenvalue weighted by Crippen LogP contribution is -2.33. The number of amides is 1. The van der Waals surface area contributed by atoms with Crippen LogP contribution in [-0.4, -0.2) is 33.7 Å². The van der Waals surface area contributed by atoms with Crippen LogP contribution in [-0.2, 0) is 0 Å².